The molecule has 0 rings (SSSR count). The lowest BCUT2D eigenvalue weighted by Crippen LogP contribution is -2.30. The number of hydrogen-bond donors (Lipinski definition) is 3. The van der Waals surface area contributed by atoms with Crippen LogP contribution in [0.25, 0.3) is 0 Å². The molecule has 0 aliphatic rings. The second kappa shape index (κ2) is 79.3. The quantitative estimate of drug-likeness (QED) is 0.0169. The molecule has 0 spiro atoms. The van der Waals surface area contributed by atoms with E-state index in [9.17, 15) is 43.2 Å². The van der Waals surface area contributed by atoms with Gasteiger partial charge in [0.15, 0.2) is 12.2 Å². The maximum atomic E-state index is 13.1. The molecule has 0 aromatic carbocycles. The summed E-state index contributed by atoms with van der Waals surface area (Å²) in [5, 5.41) is 10.7. The molecule has 5 unspecified atom stereocenters. The highest BCUT2D eigenvalue weighted by Crippen LogP contribution is 2.45. The van der Waals surface area contributed by atoms with Crippen LogP contribution in [-0.4, -0.2) is 96.7 Å². The molecule has 0 aliphatic heterocycles. The molecule has 108 heavy (non-hydrogen) atoms. The van der Waals surface area contributed by atoms with E-state index in [0.29, 0.717) is 32.1 Å². The standard InChI is InChI=1S/C89H144O17P2/c1-5-9-13-17-21-25-29-33-37-39-41-43-47-50-54-58-62-66-70-74-87(92)100-80-85(106-89(94)76-72-68-64-60-56-52-48-44-42-40-38-34-30-26-22-18-14-10-6-2)82-104-108(97,98)102-78-83(90)77-101-107(95,96)103-81-84(105-88(93)75-71-67-63-59-55-51-46-36-32-28-24-20-16-12-8-4)79-99-86(91)73-69-65-61-57-53-49-45-35-31-27-23-19-15-11-7-3/h9,11-13,15-16,21-28,33-38,41-46,50,54,62,66,83-85,90H,5-8,10,14,17-20,29-32,39-40,47-49,51-53,55-61,63-65,67-82H2,1-4H3,(H,95,96)(H,97,98)/b13-9-,15-11-,16-12-,25-21-,26-22-,27-23-,28-24-,37-33-,38-34-,43-41-,44-42-,45-35-,46-36-,54-50-,66-62-. The molecule has 3 N–H and O–H groups in total. The molecule has 0 heterocycles. The maximum Gasteiger partial charge on any atom is 0.472 e. The van der Waals surface area contributed by atoms with E-state index in [-0.39, 0.29) is 25.7 Å². The van der Waals surface area contributed by atoms with Crippen LogP contribution < -0.4 is 0 Å². The molecule has 0 bridgehead atoms. The van der Waals surface area contributed by atoms with Crippen LogP contribution in [0.4, 0.5) is 0 Å². The van der Waals surface area contributed by atoms with Crippen molar-refractivity contribution in [3.8, 4) is 0 Å². The molecule has 5 atom stereocenters. The Balaban J connectivity index is 5.50. The maximum absolute atomic E-state index is 13.1. The molecule has 0 saturated heterocycles. The minimum Gasteiger partial charge on any atom is -0.462 e. The number of phosphoric acid groups is 2. The van der Waals surface area contributed by atoms with E-state index in [1.165, 1.54) is 19.3 Å². The van der Waals surface area contributed by atoms with Crippen molar-refractivity contribution in [2.75, 3.05) is 39.6 Å². The van der Waals surface area contributed by atoms with E-state index >= 15 is 0 Å². The van der Waals surface area contributed by atoms with Crippen molar-refractivity contribution in [1.29, 1.82) is 0 Å². The molecule has 0 aliphatic carbocycles. The van der Waals surface area contributed by atoms with Gasteiger partial charge < -0.3 is 33.8 Å². The molecular weight excluding hydrogens is 1400 g/mol. The van der Waals surface area contributed by atoms with Crippen LogP contribution in [0.3, 0.4) is 0 Å². The molecule has 0 aromatic rings. The average molecular weight is 1550 g/mol. The van der Waals surface area contributed by atoms with Crippen LogP contribution in [-0.2, 0) is 65.4 Å². The first-order valence-electron chi connectivity index (χ1n) is 41.0. The van der Waals surface area contributed by atoms with E-state index < -0.39 is 97.5 Å². The largest absolute Gasteiger partial charge is 0.472 e. The minimum atomic E-state index is -5.01. The van der Waals surface area contributed by atoms with E-state index in [0.717, 1.165) is 193 Å². The molecule has 0 fully saturated rings. The third kappa shape index (κ3) is 78.3. The van der Waals surface area contributed by atoms with Gasteiger partial charge in [0.25, 0.3) is 0 Å². The number of phosphoric ester groups is 2. The first kappa shape index (κ1) is 102. The van der Waals surface area contributed by atoms with Gasteiger partial charge in [-0.3, -0.25) is 37.3 Å². The van der Waals surface area contributed by atoms with Gasteiger partial charge in [0.2, 0.25) is 0 Å². The smallest absolute Gasteiger partial charge is 0.462 e. The Morgan fingerprint density at radius 1 is 0.269 bits per heavy atom. The highest BCUT2D eigenvalue weighted by atomic mass is 31.2. The van der Waals surface area contributed by atoms with Gasteiger partial charge in [-0.2, -0.15) is 0 Å². The fourth-order valence-electron chi connectivity index (χ4n) is 10.2. The van der Waals surface area contributed by atoms with E-state index in [1.807, 2.05) is 18.2 Å². The average Bonchev–Trinajstić information content (AvgIpc) is 0.896. The number of allylic oxidation sites excluding steroid dienone is 30. The summed E-state index contributed by atoms with van der Waals surface area (Å²) in [4.78, 5) is 73.1. The zero-order chi connectivity index (χ0) is 78.9. The van der Waals surface area contributed by atoms with Crippen LogP contribution >= 0.6 is 15.6 Å². The highest BCUT2D eigenvalue weighted by molar-refractivity contribution is 7.47. The summed E-state index contributed by atoms with van der Waals surface area (Å²) in [5.74, 6) is -2.34. The van der Waals surface area contributed by atoms with Gasteiger partial charge in [0.1, 0.15) is 19.3 Å². The van der Waals surface area contributed by atoms with Gasteiger partial charge in [-0.15, -0.1) is 0 Å². The summed E-state index contributed by atoms with van der Waals surface area (Å²) in [6, 6.07) is 0. The van der Waals surface area contributed by atoms with Crippen molar-refractivity contribution in [3.05, 3.63) is 182 Å². The SMILES string of the molecule is CC/C=C\C/C=C\C/C=C\C/C=C\C/C=C\C/C=C\CCC(=O)OCC(COP(=O)(O)OCC(O)COP(=O)(O)OCC(COC(=O)CCCCCCC/C=C\C/C=C\C/C=C\CC)OC(=O)CCCCCCC/C=C\C/C=C\C/C=C\CC)OC(=O)CCCCCCCC/C=C\C/C=C\C/C=C\CCCCC. The van der Waals surface area contributed by atoms with Crippen LogP contribution in [0.5, 0.6) is 0 Å². The van der Waals surface area contributed by atoms with Gasteiger partial charge in [0, 0.05) is 25.7 Å². The zero-order valence-electron chi connectivity index (χ0n) is 66.9. The van der Waals surface area contributed by atoms with Crippen molar-refractivity contribution in [1.82, 2.24) is 0 Å². The number of aliphatic hydroxyl groups is 1. The number of ether oxygens (including phenoxy) is 4. The van der Waals surface area contributed by atoms with Crippen molar-refractivity contribution < 1.29 is 80.2 Å². The minimum absolute atomic E-state index is 0.0261. The van der Waals surface area contributed by atoms with Crippen LogP contribution in [0.1, 0.15) is 297 Å². The van der Waals surface area contributed by atoms with Gasteiger partial charge in [0.05, 0.1) is 26.4 Å². The van der Waals surface area contributed by atoms with Gasteiger partial charge >= 0.3 is 39.5 Å². The van der Waals surface area contributed by atoms with Crippen LogP contribution in [0.15, 0.2) is 182 Å². The van der Waals surface area contributed by atoms with E-state index in [2.05, 4.69) is 192 Å². The lowest BCUT2D eigenvalue weighted by Gasteiger charge is -2.21. The summed E-state index contributed by atoms with van der Waals surface area (Å²) in [7, 11) is -10.0. The summed E-state index contributed by atoms with van der Waals surface area (Å²) in [5.41, 5.74) is 0. The number of carbonyl (C=O) groups is 4. The first-order valence-corrected chi connectivity index (χ1v) is 44.0. The topological polar surface area (TPSA) is 237 Å². The summed E-state index contributed by atoms with van der Waals surface area (Å²) >= 11 is 0. The number of hydrogen-bond acceptors (Lipinski definition) is 15. The first-order chi connectivity index (χ1) is 52.7. The van der Waals surface area contributed by atoms with Crippen molar-refractivity contribution in [3.63, 3.8) is 0 Å². The van der Waals surface area contributed by atoms with Crippen LogP contribution in [0.2, 0.25) is 0 Å². The number of unbranched alkanes of at least 4 members (excludes halogenated alkanes) is 19. The molecule has 0 saturated carbocycles. The monoisotopic (exact) mass is 1550 g/mol. The highest BCUT2D eigenvalue weighted by Gasteiger charge is 2.30. The van der Waals surface area contributed by atoms with Gasteiger partial charge in [-0.25, -0.2) is 9.13 Å². The molecule has 0 amide bonds. The van der Waals surface area contributed by atoms with Gasteiger partial charge in [-0.1, -0.05) is 287 Å². The fraction of sp³-hybridized carbons (Fsp3) is 0.618. The number of aliphatic hydroxyl groups excluding tert-OH is 1. The Morgan fingerprint density at radius 3 is 0.796 bits per heavy atom. The zero-order valence-corrected chi connectivity index (χ0v) is 68.7. The molecule has 0 radical (unpaired) electrons. The Bertz CT molecular complexity index is 2760. The summed E-state index contributed by atoms with van der Waals surface area (Å²) < 4.78 is 68.6. The predicted molar refractivity (Wildman–Crippen MR) is 445 cm³/mol. The number of esters is 4. The molecule has 0 aromatic heterocycles. The van der Waals surface area contributed by atoms with Gasteiger partial charge in [-0.05, 0) is 167 Å². The normalized spacial score (nSPS) is 14.8. The number of carbonyl (C=O) groups excluding carboxylic acids is 4. The summed E-state index contributed by atoms with van der Waals surface area (Å²) in [6.07, 6.45) is 95.9. The Hall–Kier alpha value is -5.84. The van der Waals surface area contributed by atoms with Crippen molar-refractivity contribution in [2.24, 2.45) is 0 Å². The lowest BCUT2D eigenvalue weighted by molar-refractivity contribution is -0.161. The Morgan fingerprint density at radius 2 is 0.500 bits per heavy atom. The van der Waals surface area contributed by atoms with Crippen molar-refractivity contribution in [2.45, 2.75) is 316 Å². The van der Waals surface area contributed by atoms with E-state index in [4.69, 9.17) is 37.0 Å². The third-order valence-corrected chi connectivity index (χ3v) is 18.3. The summed E-state index contributed by atoms with van der Waals surface area (Å²) in [6.45, 7) is 4.36. The molecular formula is C89H144O17P2. The second-order valence-electron chi connectivity index (χ2n) is 26.6. The lowest BCUT2D eigenvalue weighted by atomic mass is 10.1. The van der Waals surface area contributed by atoms with E-state index in [1.54, 1.807) is 0 Å². The molecule has 19 heteroatoms. The molecule has 17 nitrogen and oxygen atoms in total. The third-order valence-electron chi connectivity index (χ3n) is 16.4. The van der Waals surface area contributed by atoms with Crippen molar-refractivity contribution >= 4 is 39.5 Å². The van der Waals surface area contributed by atoms with Crippen LogP contribution in [0, 0.1) is 0 Å². The predicted octanol–water partition coefficient (Wildman–Crippen LogP) is 24.3. The number of rotatable bonds is 75. The Kier molecular flexibility index (Phi) is 75.0. The second-order valence-corrected chi connectivity index (χ2v) is 29.5. The fourth-order valence-corrected chi connectivity index (χ4v) is 11.8. The Labute approximate surface area is 654 Å². The molecule has 612 valence electrons.